The summed E-state index contributed by atoms with van der Waals surface area (Å²) < 4.78 is 0.688. The SMILES string of the molecule is O=C(NCC1CCCC1O)c1cc(Cl)cc(Cl)c1I. The van der Waals surface area contributed by atoms with Crippen molar-refractivity contribution in [1.29, 1.82) is 0 Å². The highest BCUT2D eigenvalue weighted by Crippen LogP contribution is 2.27. The molecule has 0 heterocycles. The molecule has 1 aromatic rings. The molecule has 1 fully saturated rings. The highest BCUT2D eigenvalue weighted by Gasteiger charge is 2.25. The first-order valence-corrected chi connectivity index (χ1v) is 7.93. The Hall–Kier alpha value is -0.0400. The van der Waals surface area contributed by atoms with Crippen LogP contribution < -0.4 is 5.32 Å². The lowest BCUT2D eigenvalue weighted by atomic mass is 10.1. The molecule has 104 valence electrons. The van der Waals surface area contributed by atoms with Crippen LogP contribution in [0.3, 0.4) is 0 Å². The van der Waals surface area contributed by atoms with Gasteiger partial charge in [0.05, 0.1) is 16.7 Å². The van der Waals surface area contributed by atoms with Crippen LogP contribution in [-0.4, -0.2) is 23.7 Å². The van der Waals surface area contributed by atoms with Crippen molar-refractivity contribution in [2.45, 2.75) is 25.4 Å². The number of aliphatic hydroxyl groups excluding tert-OH is 1. The molecule has 19 heavy (non-hydrogen) atoms. The number of carbonyl (C=O) groups is 1. The molecule has 1 aliphatic rings. The molecule has 1 aromatic carbocycles. The van der Waals surface area contributed by atoms with Gasteiger partial charge in [-0.25, -0.2) is 0 Å². The van der Waals surface area contributed by atoms with E-state index in [0.717, 1.165) is 19.3 Å². The molecule has 6 heteroatoms. The van der Waals surface area contributed by atoms with E-state index in [-0.39, 0.29) is 17.9 Å². The fraction of sp³-hybridized carbons (Fsp3) is 0.462. The summed E-state index contributed by atoms with van der Waals surface area (Å²) in [6.07, 6.45) is 2.49. The number of halogens is 3. The van der Waals surface area contributed by atoms with Gasteiger partial charge in [-0.2, -0.15) is 0 Å². The van der Waals surface area contributed by atoms with Gasteiger partial charge in [0.2, 0.25) is 0 Å². The Kier molecular flexibility index (Phi) is 5.34. The normalized spacial score (nSPS) is 22.5. The van der Waals surface area contributed by atoms with E-state index in [1.54, 1.807) is 12.1 Å². The predicted molar refractivity (Wildman–Crippen MR) is 84.9 cm³/mol. The van der Waals surface area contributed by atoms with Gasteiger partial charge in [-0.15, -0.1) is 0 Å². The maximum atomic E-state index is 12.1. The summed E-state index contributed by atoms with van der Waals surface area (Å²) in [5.41, 5.74) is 0.477. The average Bonchev–Trinajstić information content (AvgIpc) is 2.76. The Balaban J connectivity index is 2.04. The fourth-order valence-corrected chi connectivity index (χ4v) is 3.35. The summed E-state index contributed by atoms with van der Waals surface area (Å²) in [6, 6.07) is 3.22. The minimum Gasteiger partial charge on any atom is -0.393 e. The monoisotopic (exact) mass is 413 g/mol. The van der Waals surface area contributed by atoms with E-state index >= 15 is 0 Å². The van der Waals surface area contributed by atoms with Gasteiger partial charge < -0.3 is 10.4 Å². The molecule has 1 amide bonds. The van der Waals surface area contributed by atoms with E-state index < -0.39 is 0 Å². The summed E-state index contributed by atoms with van der Waals surface area (Å²) in [5, 5.41) is 13.5. The van der Waals surface area contributed by atoms with E-state index in [4.69, 9.17) is 23.2 Å². The summed E-state index contributed by atoms with van der Waals surface area (Å²) in [7, 11) is 0. The van der Waals surface area contributed by atoms with Crippen molar-refractivity contribution in [3.05, 3.63) is 31.3 Å². The van der Waals surface area contributed by atoms with Crippen LogP contribution in [0.15, 0.2) is 12.1 Å². The number of hydrogen-bond acceptors (Lipinski definition) is 2. The largest absolute Gasteiger partial charge is 0.393 e. The minimum atomic E-state index is -0.303. The van der Waals surface area contributed by atoms with E-state index in [2.05, 4.69) is 5.32 Å². The van der Waals surface area contributed by atoms with E-state index in [1.807, 2.05) is 22.6 Å². The second-order valence-corrected chi connectivity index (χ2v) is 6.64. The number of aliphatic hydroxyl groups is 1. The Bertz CT molecular complexity index is 496. The second kappa shape index (κ2) is 6.61. The summed E-state index contributed by atoms with van der Waals surface area (Å²) >= 11 is 13.9. The van der Waals surface area contributed by atoms with Crippen molar-refractivity contribution in [2.24, 2.45) is 5.92 Å². The number of hydrogen-bond donors (Lipinski definition) is 2. The number of benzene rings is 1. The van der Waals surface area contributed by atoms with Crippen LogP contribution in [0.4, 0.5) is 0 Å². The van der Waals surface area contributed by atoms with Crippen LogP contribution in [0.25, 0.3) is 0 Å². The molecule has 0 spiro atoms. The Morgan fingerprint density at radius 3 is 2.79 bits per heavy atom. The van der Waals surface area contributed by atoms with Gasteiger partial charge in [-0.05, 0) is 47.6 Å². The summed E-state index contributed by atoms with van der Waals surface area (Å²) in [5.74, 6) is -0.0517. The third-order valence-electron chi connectivity index (χ3n) is 3.38. The molecular formula is C13H14Cl2INO2. The van der Waals surface area contributed by atoms with Crippen molar-refractivity contribution >= 4 is 51.7 Å². The summed E-state index contributed by atoms with van der Waals surface area (Å²) in [4.78, 5) is 12.1. The van der Waals surface area contributed by atoms with Crippen molar-refractivity contribution in [1.82, 2.24) is 5.32 Å². The molecule has 2 N–H and O–H groups in total. The topological polar surface area (TPSA) is 49.3 Å². The molecule has 0 aromatic heterocycles. The first-order valence-electron chi connectivity index (χ1n) is 6.10. The highest BCUT2D eigenvalue weighted by atomic mass is 127. The smallest absolute Gasteiger partial charge is 0.252 e. The number of carbonyl (C=O) groups excluding carboxylic acids is 1. The molecule has 2 atom stereocenters. The van der Waals surface area contributed by atoms with Crippen molar-refractivity contribution in [2.75, 3.05) is 6.54 Å². The first kappa shape index (κ1) is 15.4. The second-order valence-electron chi connectivity index (χ2n) is 4.72. The lowest BCUT2D eigenvalue weighted by Gasteiger charge is -2.15. The molecule has 0 aliphatic heterocycles. The predicted octanol–water partition coefficient (Wildman–Crippen LogP) is 3.49. The average molecular weight is 414 g/mol. The number of rotatable bonds is 3. The number of amides is 1. The molecule has 0 radical (unpaired) electrons. The zero-order chi connectivity index (χ0) is 14.0. The first-order chi connectivity index (χ1) is 8.99. The zero-order valence-electron chi connectivity index (χ0n) is 10.1. The fourth-order valence-electron chi connectivity index (χ4n) is 2.30. The van der Waals surface area contributed by atoms with Gasteiger partial charge >= 0.3 is 0 Å². The highest BCUT2D eigenvalue weighted by molar-refractivity contribution is 14.1. The molecule has 0 saturated heterocycles. The van der Waals surface area contributed by atoms with E-state index in [9.17, 15) is 9.90 Å². The van der Waals surface area contributed by atoms with Crippen LogP contribution in [0.5, 0.6) is 0 Å². The van der Waals surface area contributed by atoms with Gasteiger partial charge in [0.1, 0.15) is 0 Å². The quantitative estimate of drug-likeness (QED) is 0.588. The third-order valence-corrected chi connectivity index (χ3v) is 5.38. The standard InChI is InChI=1S/C13H14Cl2INO2/c14-8-4-9(12(16)10(15)5-8)13(19)17-6-7-2-1-3-11(7)18/h4-5,7,11,18H,1-3,6H2,(H,17,19). The molecule has 1 aliphatic carbocycles. The van der Waals surface area contributed by atoms with Gasteiger partial charge in [-0.1, -0.05) is 29.6 Å². The summed E-state index contributed by atoms with van der Waals surface area (Å²) in [6.45, 7) is 0.486. The minimum absolute atomic E-state index is 0.149. The molecule has 2 rings (SSSR count). The van der Waals surface area contributed by atoms with Gasteiger partial charge in [0.15, 0.2) is 0 Å². The van der Waals surface area contributed by atoms with Crippen LogP contribution in [0.2, 0.25) is 10.0 Å². The van der Waals surface area contributed by atoms with E-state index in [1.165, 1.54) is 0 Å². The molecule has 0 bridgehead atoms. The van der Waals surface area contributed by atoms with Gasteiger partial charge in [0.25, 0.3) is 5.91 Å². The van der Waals surface area contributed by atoms with Crippen LogP contribution in [0.1, 0.15) is 29.6 Å². The van der Waals surface area contributed by atoms with Gasteiger partial charge in [-0.3, -0.25) is 4.79 Å². The van der Waals surface area contributed by atoms with Crippen LogP contribution in [-0.2, 0) is 0 Å². The Morgan fingerprint density at radius 1 is 1.42 bits per heavy atom. The maximum Gasteiger partial charge on any atom is 0.252 e. The molecular weight excluding hydrogens is 400 g/mol. The van der Waals surface area contributed by atoms with Crippen molar-refractivity contribution in [3.63, 3.8) is 0 Å². The molecule has 1 saturated carbocycles. The lowest BCUT2D eigenvalue weighted by molar-refractivity contribution is 0.0916. The van der Waals surface area contributed by atoms with Gasteiger partial charge in [0, 0.05) is 21.1 Å². The molecule has 3 nitrogen and oxygen atoms in total. The Morgan fingerprint density at radius 2 is 2.16 bits per heavy atom. The van der Waals surface area contributed by atoms with Crippen LogP contribution in [0, 0.1) is 9.49 Å². The lowest BCUT2D eigenvalue weighted by Crippen LogP contribution is -2.32. The van der Waals surface area contributed by atoms with E-state index in [0.29, 0.717) is 25.7 Å². The number of nitrogens with one attached hydrogen (secondary N) is 1. The zero-order valence-corrected chi connectivity index (χ0v) is 13.8. The Labute approximate surface area is 135 Å². The maximum absolute atomic E-state index is 12.1. The van der Waals surface area contributed by atoms with Crippen molar-refractivity contribution < 1.29 is 9.90 Å². The molecule has 2 unspecified atom stereocenters. The van der Waals surface area contributed by atoms with Crippen LogP contribution >= 0.6 is 45.8 Å². The van der Waals surface area contributed by atoms with Crippen molar-refractivity contribution in [3.8, 4) is 0 Å². The third kappa shape index (κ3) is 3.74.